The van der Waals surface area contributed by atoms with Gasteiger partial charge in [0.1, 0.15) is 5.58 Å². The lowest BCUT2D eigenvalue weighted by Crippen LogP contribution is -2.14. The van der Waals surface area contributed by atoms with Crippen LogP contribution in [0.3, 0.4) is 0 Å². The quantitative estimate of drug-likeness (QED) is 0.550. The zero-order valence-corrected chi connectivity index (χ0v) is 14.0. The number of ether oxygens (including phenoxy) is 1. The first-order valence-electron chi connectivity index (χ1n) is 8.07. The molecule has 0 aliphatic rings. The molecule has 1 amide bonds. The van der Waals surface area contributed by atoms with Crippen LogP contribution in [0.1, 0.15) is 20.9 Å². The van der Waals surface area contributed by atoms with Crippen molar-refractivity contribution in [1.82, 2.24) is 0 Å². The van der Waals surface area contributed by atoms with E-state index in [1.807, 2.05) is 36.4 Å². The van der Waals surface area contributed by atoms with Crippen LogP contribution in [0.4, 0.5) is 5.69 Å². The molecule has 4 rings (SSSR count). The molecular weight excluding hydrogens is 330 g/mol. The molecule has 0 bridgehead atoms. The summed E-state index contributed by atoms with van der Waals surface area (Å²) in [5.41, 5.74) is 1.29. The predicted octanol–water partition coefficient (Wildman–Crippen LogP) is 4.62. The minimum Gasteiger partial charge on any atom is -0.465 e. The molecule has 0 radical (unpaired) electrons. The highest BCUT2D eigenvalue weighted by Crippen LogP contribution is 2.28. The molecule has 0 aliphatic heterocycles. The second-order valence-corrected chi connectivity index (χ2v) is 5.80. The van der Waals surface area contributed by atoms with Crippen molar-refractivity contribution in [3.8, 4) is 0 Å². The van der Waals surface area contributed by atoms with Crippen molar-refractivity contribution >= 4 is 39.3 Å². The van der Waals surface area contributed by atoms with Crippen molar-refractivity contribution < 1.29 is 18.7 Å². The summed E-state index contributed by atoms with van der Waals surface area (Å²) < 4.78 is 10.5. The SMILES string of the molecule is COC(=O)c1ccccc1NC(=O)c1cc2c(ccc3ccccc32)o1. The van der Waals surface area contributed by atoms with E-state index in [1.54, 1.807) is 30.3 Å². The molecule has 0 saturated heterocycles. The number of benzene rings is 3. The van der Waals surface area contributed by atoms with Crippen LogP contribution in [0.25, 0.3) is 21.7 Å². The van der Waals surface area contributed by atoms with E-state index < -0.39 is 11.9 Å². The number of furan rings is 1. The van der Waals surface area contributed by atoms with Crippen molar-refractivity contribution in [2.45, 2.75) is 0 Å². The van der Waals surface area contributed by atoms with Gasteiger partial charge >= 0.3 is 5.97 Å². The van der Waals surface area contributed by atoms with E-state index in [0.29, 0.717) is 11.3 Å². The first kappa shape index (κ1) is 15.9. The van der Waals surface area contributed by atoms with E-state index in [9.17, 15) is 9.59 Å². The Balaban J connectivity index is 1.71. The van der Waals surface area contributed by atoms with E-state index in [2.05, 4.69) is 5.32 Å². The molecule has 1 aromatic heterocycles. The first-order chi connectivity index (χ1) is 12.7. The number of esters is 1. The highest BCUT2D eigenvalue weighted by Gasteiger charge is 2.17. The largest absolute Gasteiger partial charge is 0.465 e. The van der Waals surface area contributed by atoms with Crippen molar-refractivity contribution in [2.24, 2.45) is 0 Å². The summed E-state index contributed by atoms with van der Waals surface area (Å²) in [5.74, 6) is -0.769. The molecule has 0 unspecified atom stereocenters. The summed E-state index contributed by atoms with van der Waals surface area (Å²) in [6, 6.07) is 20.1. The summed E-state index contributed by atoms with van der Waals surface area (Å²) in [6.45, 7) is 0. The molecule has 0 saturated carbocycles. The number of fused-ring (bicyclic) bond motifs is 3. The maximum absolute atomic E-state index is 12.6. The Morgan fingerprint density at radius 3 is 2.54 bits per heavy atom. The Morgan fingerprint density at radius 1 is 0.923 bits per heavy atom. The van der Waals surface area contributed by atoms with Crippen LogP contribution < -0.4 is 5.32 Å². The van der Waals surface area contributed by atoms with Crippen LogP contribution in [0, 0.1) is 0 Å². The lowest BCUT2D eigenvalue weighted by atomic mass is 10.1. The van der Waals surface area contributed by atoms with Gasteiger partial charge in [-0.05, 0) is 35.0 Å². The van der Waals surface area contributed by atoms with Crippen molar-refractivity contribution in [3.63, 3.8) is 0 Å². The van der Waals surface area contributed by atoms with Crippen LogP contribution in [-0.2, 0) is 4.74 Å². The van der Waals surface area contributed by atoms with E-state index >= 15 is 0 Å². The van der Waals surface area contributed by atoms with Crippen LogP contribution in [0.15, 0.2) is 71.1 Å². The monoisotopic (exact) mass is 345 g/mol. The zero-order chi connectivity index (χ0) is 18.1. The molecule has 5 heteroatoms. The van der Waals surface area contributed by atoms with Gasteiger partial charge < -0.3 is 14.5 Å². The lowest BCUT2D eigenvalue weighted by molar-refractivity contribution is 0.0602. The fourth-order valence-corrected chi connectivity index (χ4v) is 2.97. The molecule has 0 spiro atoms. The minimum absolute atomic E-state index is 0.177. The molecule has 5 nitrogen and oxygen atoms in total. The van der Waals surface area contributed by atoms with Gasteiger partial charge in [-0.15, -0.1) is 0 Å². The summed E-state index contributed by atoms with van der Waals surface area (Å²) >= 11 is 0. The molecule has 1 heterocycles. The standard InChI is InChI=1S/C21H15NO4/c1-25-21(24)15-8-4-5-9-17(15)22-20(23)19-12-16-14-7-3-2-6-13(14)10-11-18(16)26-19/h2-12H,1H3,(H,22,23). The third kappa shape index (κ3) is 2.69. The van der Waals surface area contributed by atoms with Gasteiger partial charge in [0.2, 0.25) is 0 Å². The zero-order valence-electron chi connectivity index (χ0n) is 14.0. The topological polar surface area (TPSA) is 68.5 Å². The van der Waals surface area contributed by atoms with Gasteiger partial charge in [-0.25, -0.2) is 4.79 Å². The Kier molecular flexibility index (Phi) is 3.89. The average Bonchev–Trinajstić information content (AvgIpc) is 3.13. The summed E-state index contributed by atoms with van der Waals surface area (Å²) in [7, 11) is 1.30. The van der Waals surface area contributed by atoms with Crippen molar-refractivity contribution in [1.29, 1.82) is 0 Å². The Hall–Kier alpha value is -3.60. The number of anilines is 1. The smallest absolute Gasteiger partial charge is 0.339 e. The molecule has 128 valence electrons. The maximum Gasteiger partial charge on any atom is 0.339 e. The highest BCUT2D eigenvalue weighted by molar-refractivity contribution is 6.12. The molecule has 4 aromatic rings. The lowest BCUT2D eigenvalue weighted by Gasteiger charge is -2.08. The van der Waals surface area contributed by atoms with Crippen LogP contribution in [0.5, 0.6) is 0 Å². The molecule has 1 N–H and O–H groups in total. The number of nitrogens with one attached hydrogen (secondary N) is 1. The molecule has 0 atom stereocenters. The fourth-order valence-electron chi connectivity index (χ4n) is 2.97. The van der Waals surface area contributed by atoms with Gasteiger partial charge in [-0.1, -0.05) is 42.5 Å². The number of para-hydroxylation sites is 1. The van der Waals surface area contributed by atoms with Crippen LogP contribution >= 0.6 is 0 Å². The number of carbonyl (C=O) groups excluding carboxylic acids is 2. The summed E-state index contributed by atoms with van der Waals surface area (Å²) in [6.07, 6.45) is 0. The van der Waals surface area contributed by atoms with Gasteiger partial charge in [0.15, 0.2) is 5.76 Å². The number of hydrogen-bond acceptors (Lipinski definition) is 4. The highest BCUT2D eigenvalue weighted by atomic mass is 16.5. The number of amides is 1. The number of methoxy groups -OCH3 is 1. The predicted molar refractivity (Wildman–Crippen MR) is 99.5 cm³/mol. The molecule has 0 fully saturated rings. The summed E-state index contributed by atoms with van der Waals surface area (Å²) in [4.78, 5) is 24.5. The normalized spacial score (nSPS) is 10.8. The van der Waals surface area contributed by atoms with E-state index in [4.69, 9.17) is 9.15 Å². The summed E-state index contributed by atoms with van der Waals surface area (Å²) in [5, 5.41) is 5.68. The van der Waals surface area contributed by atoms with E-state index in [0.717, 1.165) is 16.2 Å². The van der Waals surface area contributed by atoms with Gasteiger partial charge in [0.25, 0.3) is 5.91 Å². The molecular formula is C21H15NO4. The van der Waals surface area contributed by atoms with Gasteiger partial charge in [0, 0.05) is 5.39 Å². The van der Waals surface area contributed by atoms with Gasteiger partial charge in [0.05, 0.1) is 18.4 Å². The van der Waals surface area contributed by atoms with Crippen LogP contribution in [-0.4, -0.2) is 19.0 Å². The first-order valence-corrected chi connectivity index (χ1v) is 8.07. The molecule has 26 heavy (non-hydrogen) atoms. The average molecular weight is 345 g/mol. The number of carbonyl (C=O) groups is 2. The second kappa shape index (κ2) is 6.37. The van der Waals surface area contributed by atoms with Crippen molar-refractivity contribution in [2.75, 3.05) is 12.4 Å². The van der Waals surface area contributed by atoms with Gasteiger partial charge in [-0.3, -0.25) is 4.79 Å². The Labute approximate surface area is 149 Å². The van der Waals surface area contributed by atoms with E-state index in [-0.39, 0.29) is 11.3 Å². The third-order valence-corrected chi connectivity index (χ3v) is 4.23. The third-order valence-electron chi connectivity index (χ3n) is 4.23. The van der Waals surface area contributed by atoms with E-state index in [1.165, 1.54) is 7.11 Å². The number of rotatable bonds is 3. The Morgan fingerprint density at radius 2 is 1.69 bits per heavy atom. The maximum atomic E-state index is 12.6. The van der Waals surface area contributed by atoms with Crippen LogP contribution in [0.2, 0.25) is 0 Å². The fraction of sp³-hybridized carbons (Fsp3) is 0.0476. The molecule has 3 aromatic carbocycles. The van der Waals surface area contributed by atoms with Gasteiger partial charge in [-0.2, -0.15) is 0 Å². The number of hydrogen-bond donors (Lipinski definition) is 1. The minimum atomic E-state index is -0.517. The van der Waals surface area contributed by atoms with Crippen molar-refractivity contribution in [3.05, 3.63) is 78.1 Å². The second-order valence-electron chi connectivity index (χ2n) is 5.80. The Bertz CT molecular complexity index is 1140. The molecule has 0 aliphatic carbocycles.